The topological polar surface area (TPSA) is 49.3 Å². The van der Waals surface area contributed by atoms with E-state index in [4.69, 9.17) is 5.21 Å². The van der Waals surface area contributed by atoms with Crippen LogP contribution >= 0.6 is 0 Å². The summed E-state index contributed by atoms with van der Waals surface area (Å²) in [6.07, 6.45) is 5.31. The summed E-state index contributed by atoms with van der Waals surface area (Å²) in [5, 5.41) is 8.43. The maximum absolute atomic E-state index is 10.9. The van der Waals surface area contributed by atoms with Gasteiger partial charge in [0.2, 0.25) is 5.91 Å². The molecule has 2 aromatic rings. The van der Waals surface area contributed by atoms with E-state index in [1.165, 1.54) is 16.7 Å². The lowest BCUT2D eigenvalue weighted by Gasteiger charge is -2.05. The van der Waals surface area contributed by atoms with Crippen LogP contribution in [0.4, 0.5) is 0 Å². The number of amides is 1. The molecule has 0 atom stereocenters. The zero-order chi connectivity index (χ0) is 15.6. The first kappa shape index (κ1) is 16.2. The van der Waals surface area contributed by atoms with Crippen LogP contribution in [0.15, 0.2) is 54.6 Å². The van der Waals surface area contributed by atoms with Gasteiger partial charge in [0.15, 0.2) is 0 Å². The first-order chi connectivity index (χ1) is 10.8. The zero-order valence-corrected chi connectivity index (χ0v) is 12.8. The van der Waals surface area contributed by atoms with Crippen molar-refractivity contribution in [3.63, 3.8) is 0 Å². The summed E-state index contributed by atoms with van der Waals surface area (Å²) >= 11 is 0. The van der Waals surface area contributed by atoms with Crippen molar-refractivity contribution in [3.05, 3.63) is 71.3 Å². The average molecular weight is 297 g/mol. The van der Waals surface area contributed by atoms with Crippen molar-refractivity contribution in [1.29, 1.82) is 0 Å². The number of hydrogen-bond donors (Lipinski definition) is 2. The van der Waals surface area contributed by atoms with Gasteiger partial charge in [0.1, 0.15) is 0 Å². The van der Waals surface area contributed by atoms with Crippen LogP contribution < -0.4 is 5.48 Å². The van der Waals surface area contributed by atoms with Gasteiger partial charge in [0.25, 0.3) is 0 Å². The molecule has 2 aromatic carbocycles. The summed E-state index contributed by atoms with van der Waals surface area (Å²) in [5.41, 5.74) is 5.64. The van der Waals surface area contributed by atoms with E-state index < -0.39 is 0 Å². The van der Waals surface area contributed by atoms with Crippen molar-refractivity contribution >= 4 is 5.91 Å². The third-order valence-corrected chi connectivity index (χ3v) is 3.79. The van der Waals surface area contributed by atoms with Crippen molar-refractivity contribution in [3.8, 4) is 0 Å². The molecular formula is C19H23NO2. The van der Waals surface area contributed by atoms with E-state index in [1.54, 1.807) is 5.48 Å². The van der Waals surface area contributed by atoms with Crippen molar-refractivity contribution in [1.82, 2.24) is 5.48 Å². The molecule has 0 radical (unpaired) electrons. The Morgan fingerprint density at radius 1 is 0.773 bits per heavy atom. The van der Waals surface area contributed by atoms with Crippen LogP contribution in [-0.2, 0) is 24.1 Å². The van der Waals surface area contributed by atoms with Gasteiger partial charge in [-0.2, -0.15) is 0 Å². The summed E-state index contributed by atoms with van der Waals surface area (Å²) < 4.78 is 0. The van der Waals surface area contributed by atoms with Crippen LogP contribution in [0.2, 0.25) is 0 Å². The Kier molecular flexibility index (Phi) is 6.65. The second kappa shape index (κ2) is 9.00. The Bertz CT molecular complexity index is 564. The van der Waals surface area contributed by atoms with Crippen LogP contribution in [0.5, 0.6) is 0 Å². The Balaban J connectivity index is 1.71. The number of carbonyl (C=O) groups is 1. The standard InChI is InChI=1S/C19H23NO2/c21-19(20-22)11-5-10-18-14-12-17(13-15-18)9-4-8-16-6-2-1-3-7-16/h1-3,6-7,12-15,22H,4-5,8-11H2,(H,20,21). The molecule has 0 saturated heterocycles. The van der Waals surface area contributed by atoms with Gasteiger partial charge in [-0.25, -0.2) is 5.48 Å². The maximum atomic E-state index is 10.9. The number of aryl methyl sites for hydroxylation is 3. The summed E-state index contributed by atoms with van der Waals surface area (Å²) in [6, 6.07) is 19.2. The van der Waals surface area contributed by atoms with E-state index in [0.29, 0.717) is 6.42 Å². The van der Waals surface area contributed by atoms with Crippen molar-refractivity contribution in [2.45, 2.75) is 38.5 Å². The Morgan fingerprint density at radius 3 is 1.82 bits per heavy atom. The molecule has 0 aliphatic heterocycles. The third-order valence-electron chi connectivity index (χ3n) is 3.79. The number of rotatable bonds is 8. The van der Waals surface area contributed by atoms with Gasteiger partial charge in [-0.15, -0.1) is 0 Å². The molecule has 1 amide bonds. The predicted molar refractivity (Wildman–Crippen MR) is 87.8 cm³/mol. The van der Waals surface area contributed by atoms with E-state index in [-0.39, 0.29) is 5.91 Å². The molecular weight excluding hydrogens is 274 g/mol. The zero-order valence-electron chi connectivity index (χ0n) is 12.8. The SMILES string of the molecule is O=C(CCCc1ccc(CCCc2ccccc2)cc1)NO. The molecule has 0 heterocycles. The minimum Gasteiger partial charge on any atom is -0.289 e. The number of carbonyl (C=O) groups excluding carboxylic acids is 1. The minimum absolute atomic E-state index is 0.322. The van der Waals surface area contributed by atoms with Gasteiger partial charge >= 0.3 is 0 Å². The maximum Gasteiger partial charge on any atom is 0.243 e. The minimum atomic E-state index is -0.322. The molecule has 0 fully saturated rings. The van der Waals surface area contributed by atoms with Crippen LogP contribution in [-0.4, -0.2) is 11.1 Å². The highest BCUT2D eigenvalue weighted by Crippen LogP contribution is 2.11. The van der Waals surface area contributed by atoms with E-state index in [1.807, 2.05) is 6.07 Å². The van der Waals surface area contributed by atoms with Crippen molar-refractivity contribution < 1.29 is 10.0 Å². The summed E-state index contributed by atoms with van der Waals surface area (Å²) in [6.45, 7) is 0. The molecule has 0 aliphatic carbocycles. The Hall–Kier alpha value is -2.13. The average Bonchev–Trinajstić information content (AvgIpc) is 2.57. The lowest BCUT2D eigenvalue weighted by atomic mass is 10.0. The second-order valence-electron chi connectivity index (χ2n) is 5.54. The smallest absolute Gasteiger partial charge is 0.243 e. The van der Waals surface area contributed by atoms with Gasteiger partial charge in [0.05, 0.1) is 0 Å². The fraction of sp³-hybridized carbons (Fsp3) is 0.316. The molecule has 3 heteroatoms. The first-order valence-corrected chi connectivity index (χ1v) is 7.82. The Morgan fingerprint density at radius 2 is 1.27 bits per heavy atom. The van der Waals surface area contributed by atoms with E-state index in [0.717, 1.165) is 32.1 Å². The quantitative estimate of drug-likeness (QED) is 0.576. The first-order valence-electron chi connectivity index (χ1n) is 7.82. The molecule has 116 valence electrons. The summed E-state index contributed by atoms with van der Waals surface area (Å²) in [7, 11) is 0. The summed E-state index contributed by atoms with van der Waals surface area (Å²) in [4.78, 5) is 10.9. The van der Waals surface area contributed by atoms with Gasteiger partial charge < -0.3 is 0 Å². The Labute approximate surface area is 132 Å². The van der Waals surface area contributed by atoms with Crippen LogP contribution in [0, 0.1) is 0 Å². The highest BCUT2D eigenvalue weighted by molar-refractivity contribution is 5.74. The van der Waals surface area contributed by atoms with Gasteiger partial charge in [-0.1, -0.05) is 54.6 Å². The van der Waals surface area contributed by atoms with Gasteiger partial charge in [-0.3, -0.25) is 10.0 Å². The van der Waals surface area contributed by atoms with Crippen LogP contribution in [0.25, 0.3) is 0 Å². The lowest BCUT2D eigenvalue weighted by Crippen LogP contribution is -2.18. The van der Waals surface area contributed by atoms with Crippen molar-refractivity contribution in [2.24, 2.45) is 0 Å². The predicted octanol–water partition coefficient (Wildman–Crippen LogP) is 3.69. The highest BCUT2D eigenvalue weighted by atomic mass is 16.5. The van der Waals surface area contributed by atoms with E-state index >= 15 is 0 Å². The largest absolute Gasteiger partial charge is 0.289 e. The molecule has 2 N–H and O–H groups in total. The molecule has 0 unspecified atom stereocenters. The molecule has 2 rings (SSSR count). The summed E-state index contributed by atoms with van der Waals surface area (Å²) in [5.74, 6) is -0.322. The van der Waals surface area contributed by atoms with Crippen LogP contribution in [0.3, 0.4) is 0 Å². The molecule has 22 heavy (non-hydrogen) atoms. The molecule has 0 aromatic heterocycles. The van der Waals surface area contributed by atoms with Crippen LogP contribution in [0.1, 0.15) is 36.0 Å². The fourth-order valence-electron chi connectivity index (χ4n) is 2.52. The van der Waals surface area contributed by atoms with Gasteiger partial charge in [-0.05, 0) is 48.8 Å². The number of benzene rings is 2. The third kappa shape index (κ3) is 5.70. The van der Waals surface area contributed by atoms with Crippen molar-refractivity contribution in [2.75, 3.05) is 0 Å². The highest BCUT2D eigenvalue weighted by Gasteiger charge is 2.00. The number of nitrogens with one attached hydrogen (secondary N) is 1. The number of hydroxylamine groups is 1. The normalized spacial score (nSPS) is 10.4. The van der Waals surface area contributed by atoms with E-state index in [9.17, 15) is 4.79 Å². The molecule has 3 nitrogen and oxygen atoms in total. The number of hydrogen-bond acceptors (Lipinski definition) is 2. The molecule has 0 aliphatic rings. The molecule has 0 saturated carbocycles. The fourth-order valence-corrected chi connectivity index (χ4v) is 2.52. The second-order valence-corrected chi connectivity index (χ2v) is 5.54. The molecule has 0 bridgehead atoms. The van der Waals surface area contributed by atoms with E-state index in [2.05, 4.69) is 48.5 Å². The molecule has 0 spiro atoms. The van der Waals surface area contributed by atoms with Gasteiger partial charge in [0, 0.05) is 6.42 Å². The lowest BCUT2D eigenvalue weighted by molar-refractivity contribution is -0.129. The monoisotopic (exact) mass is 297 g/mol.